The Morgan fingerprint density at radius 2 is 1.20 bits per heavy atom. The molecule has 0 heterocycles. The molecule has 33 valence electrons. The van der Waals surface area contributed by atoms with Crippen LogP contribution >= 0.6 is 0 Å². The maximum absolute atomic E-state index is 8.86. The first-order valence-corrected chi connectivity index (χ1v) is 5.29. The van der Waals surface area contributed by atoms with Crippen LogP contribution in [0.25, 0.3) is 0 Å². The number of hydrogen-bond acceptors (Lipinski definition) is 2. The summed E-state index contributed by atoms with van der Waals surface area (Å²) in [7, 11) is 0. The topological polar surface area (TPSA) is 74.6 Å². The summed E-state index contributed by atoms with van der Waals surface area (Å²) in [6, 6.07) is 0. The first kappa shape index (κ1) is 5.18. The van der Waals surface area contributed by atoms with Crippen molar-refractivity contribution < 1.29 is 30.8 Å². The van der Waals surface area contributed by atoms with Gasteiger partial charge < -0.3 is 0 Å². The standard InChI is InChI=1S/2H2O.2O.Re/h2*1H2;;;/q;;;;+2/p-2. The molecular weight excluding hydrogens is 250 g/mol. The van der Waals surface area contributed by atoms with E-state index in [-0.39, 0.29) is 0 Å². The van der Waals surface area contributed by atoms with E-state index in [2.05, 4.69) is 0 Å². The molecule has 5 heteroatoms. The maximum atomic E-state index is 8.86. The molecule has 0 aliphatic carbocycles. The van der Waals surface area contributed by atoms with Crippen molar-refractivity contribution in [3.63, 3.8) is 0 Å². The van der Waals surface area contributed by atoms with E-state index in [4.69, 9.17) is 14.6 Å². The first-order valence-electron chi connectivity index (χ1n) is 0.647. The molecule has 0 saturated heterocycles. The zero-order chi connectivity index (χ0) is 4.50. The van der Waals surface area contributed by atoms with E-state index in [0.717, 1.165) is 0 Å². The summed E-state index contributed by atoms with van der Waals surface area (Å²) in [5, 5.41) is 0. The number of rotatable bonds is 0. The molecule has 0 atom stereocenters. The van der Waals surface area contributed by atoms with Gasteiger partial charge in [-0.15, -0.1) is 0 Å². The van der Waals surface area contributed by atoms with Crippen LogP contribution in [0, 0.1) is 0 Å². The Kier molecular flexibility index (Phi) is 1.15. The van der Waals surface area contributed by atoms with Gasteiger partial charge >= 0.3 is 30.8 Å². The van der Waals surface area contributed by atoms with Gasteiger partial charge in [-0.1, -0.05) is 0 Å². The van der Waals surface area contributed by atoms with Crippen LogP contribution < -0.4 is 0 Å². The summed E-state index contributed by atoms with van der Waals surface area (Å²) in [5.74, 6) is 0. The predicted molar refractivity (Wildman–Crippen MR) is 5.81 cm³/mol. The van der Waals surface area contributed by atoms with Crippen LogP contribution in [0.2, 0.25) is 0 Å². The Morgan fingerprint density at radius 1 is 1.20 bits per heavy atom. The Labute approximate surface area is 31.5 Å². The summed E-state index contributed by atoms with van der Waals surface area (Å²) >= 11 is -5.61. The molecule has 0 aromatic heterocycles. The van der Waals surface area contributed by atoms with E-state index in [1.807, 2.05) is 0 Å². The van der Waals surface area contributed by atoms with Crippen molar-refractivity contribution in [2.24, 2.45) is 0 Å². The van der Waals surface area contributed by atoms with Crippen molar-refractivity contribution in [2.45, 2.75) is 0 Å². The van der Waals surface area contributed by atoms with E-state index in [0.29, 0.717) is 0 Å². The van der Waals surface area contributed by atoms with Crippen molar-refractivity contribution in [2.75, 3.05) is 0 Å². The normalized spacial score (nSPS) is 11.6. The molecular formula is H2O4Re. The minimum absolute atomic E-state index is 5.61. The average Bonchev–Trinajstić information content (AvgIpc) is 0.722. The minimum atomic E-state index is -5.61. The molecule has 4 nitrogen and oxygen atoms in total. The second-order valence-electron chi connectivity index (χ2n) is 0.415. The van der Waals surface area contributed by atoms with Crippen molar-refractivity contribution in [1.82, 2.24) is 0 Å². The van der Waals surface area contributed by atoms with Crippen molar-refractivity contribution in [1.29, 1.82) is 0 Å². The molecule has 0 rings (SSSR count). The third-order valence-electron chi connectivity index (χ3n) is 0. The van der Waals surface area contributed by atoms with Crippen LogP contribution in [0.3, 0.4) is 0 Å². The molecule has 0 aromatic rings. The summed E-state index contributed by atoms with van der Waals surface area (Å²) in [6.07, 6.45) is 0. The van der Waals surface area contributed by atoms with Gasteiger partial charge in [0, 0.05) is 0 Å². The predicted octanol–water partition coefficient (Wildman–Crippen LogP) is -1.35. The van der Waals surface area contributed by atoms with E-state index in [9.17, 15) is 0 Å². The van der Waals surface area contributed by atoms with Crippen LogP contribution in [0.15, 0.2) is 0 Å². The van der Waals surface area contributed by atoms with Gasteiger partial charge in [0.25, 0.3) is 0 Å². The Morgan fingerprint density at radius 3 is 1.20 bits per heavy atom. The van der Waals surface area contributed by atoms with Gasteiger partial charge in [-0.05, 0) is 0 Å². The average molecular weight is 252 g/mol. The third kappa shape index (κ3) is 599. The molecule has 0 bridgehead atoms. The van der Waals surface area contributed by atoms with Crippen molar-refractivity contribution in [3.8, 4) is 0 Å². The van der Waals surface area contributed by atoms with Crippen LogP contribution in [0.5, 0.6) is 0 Å². The van der Waals surface area contributed by atoms with Gasteiger partial charge in [0.05, 0.1) is 0 Å². The first-order chi connectivity index (χ1) is 2.00. The second-order valence-corrected chi connectivity index (χ2v) is 3.39. The van der Waals surface area contributed by atoms with Crippen LogP contribution in [-0.4, -0.2) is 7.66 Å². The van der Waals surface area contributed by atoms with Crippen molar-refractivity contribution in [3.05, 3.63) is 0 Å². The van der Waals surface area contributed by atoms with Crippen LogP contribution in [-0.2, 0) is 23.1 Å². The summed E-state index contributed by atoms with van der Waals surface area (Å²) in [5.41, 5.74) is 0. The Bertz CT molecular complexity index is 86.8. The zero-order valence-corrected chi connectivity index (χ0v) is 4.80. The number of hydrogen-bond donors (Lipinski definition) is 2. The molecule has 0 aliphatic rings. The third-order valence-corrected chi connectivity index (χ3v) is 0. The van der Waals surface area contributed by atoms with Crippen LogP contribution in [0.1, 0.15) is 0 Å². The molecule has 0 aliphatic heterocycles. The quantitative estimate of drug-likeness (QED) is 0.559. The monoisotopic (exact) mass is 253 g/mol. The van der Waals surface area contributed by atoms with Gasteiger partial charge in [0.1, 0.15) is 0 Å². The Balaban J connectivity index is 4.06. The van der Waals surface area contributed by atoms with Crippen LogP contribution in [0.4, 0.5) is 0 Å². The second kappa shape index (κ2) is 1.11. The fraction of sp³-hybridized carbons (Fsp3) is 0. The van der Waals surface area contributed by atoms with E-state index >= 15 is 0 Å². The van der Waals surface area contributed by atoms with E-state index < -0.39 is 16.2 Å². The zero-order valence-electron chi connectivity index (χ0n) is 2.09. The molecule has 5 heavy (non-hydrogen) atoms. The van der Waals surface area contributed by atoms with Gasteiger partial charge in [0.2, 0.25) is 0 Å². The summed E-state index contributed by atoms with van der Waals surface area (Å²) in [4.78, 5) is 0. The molecule has 2 N–H and O–H groups in total. The Hall–Kier alpha value is 0.182. The summed E-state index contributed by atoms with van der Waals surface area (Å²) < 4.78 is 32.1. The molecule has 0 spiro atoms. The van der Waals surface area contributed by atoms with E-state index in [1.165, 1.54) is 0 Å². The van der Waals surface area contributed by atoms with Gasteiger partial charge in [-0.2, -0.15) is 0 Å². The van der Waals surface area contributed by atoms with Gasteiger partial charge in [-0.3, -0.25) is 0 Å². The van der Waals surface area contributed by atoms with E-state index in [1.54, 1.807) is 0 Å². The van der Waals surface area contributed by atoms with Gasteiger partial charge in [0.15, 0.2) is 0 Å². The molecule has 0 unspecified atom stereocenters. The SMILES string of the molecule is [O]=[Re](=[O])([OH])[OH]. The fourth-order valence-electron chi connectivity index (χ4n) is 0. The molecule has 0 radical (unpaired) electrons. The van der Waals surface area contributed by atoms with Crippen molar-refractivity contribution >= 4 is 0 Å². The summed E-state index contributed by atoms with van der Waals surface area (Å²) in [6.45, 7) is 0. The fourth-order valence-corrected chi connectivity index (χ4v) is 0. The molecule has 0 amide bonds. The molecule has 0 saturated carbocycles. The molecule has 0 fully saturated rings. The van der Waals surface area contributed by atoms with Gasteiger partial charge in [-0.25, -0.2) is 0 Å². The molecule has 0 aromatic carbocycles.